The van der Waals surface area contributed by atoms with Crippen LogP contribution in [0.25, 0.3) is 27.7 Å². The maximum Gasteiger partial charge on any atom is 0.343 e. The van der Waals surface area contributed by atoms with Gasteiger partial charge in [-0.05, 0) is 24.3 Å². The average molecular weight is 429 g/mol. The summed E-state index contributed by atoms with van der Waals surface area (Å²) >= 11 is 0. The molecule has 9 nitrogen and oxygen atoms in total. The van der Waals surface area contributed by atoms with Gasteiger partial charge in [-0.3, -0.25) is 4.79 Å². The van der Waals surface area contributed by atoms with Gasteiger partial charge in [-0.1, -0.05) is 30.8 Å². The molecule has 2 heterocycles. The molecule has 2 aromatic heterocycles. The van der Waals surface area contributed by atoms with Gasteiger partial charge in [0.25, 0.3) is 5.56 Å². The quantitative estimate of drug-likeness (QED) is 0.464. The van der Waals surface area contributed by atoms with Crippen molar-refractivity contribution in [2.45, 2.75) is 0 Å². The van der Waals surface area contributed by atoms with Gasteiger partial charge in [-0.2, -0.15) is 9.78 Å². The molecule has 0 saturated carbocycles. The number of benzene rings is 2. The first-order valence-electron chi connectivity index (χ1n) is 9.56. The van der Waals surface area contributed by atoms with Crippen LogP contribution in [0.5, 0.6) is 5.75 Å². The molecule has 0 bridgehead atoms. The fourth-order valence-corrected chi connectivity index (χ4v) is 3.12. The molecule has 9 heteroatoms. The second-order valence-electron chi connectivity index (χ2n) is 6.80. The van der Waals surface area contributed by atoms with Crippen LogP contribution in [0.4, 0.5) is 5.95 Å². The van der Waals surface area contributed by atoms with Gasteiger partial charge in [0.15, 0.2) is 6.61 Å². The Morgan fingerprint density at radius 1 is 1.19 bits per heavy atom. The topological polar surface area (TPSA) is 122 Å². The van der Waals surface area contributed by atoms with Gasteiger partial charge in [-0.15, -0.1) is 0 Å². The second kappa shape index (κ2) is 8.68. The third kappa shape index (κ3) is 4.17. The molecule has 0 aliphatic carbocycles. The summed E-state index contributed by atoms with van der Waals surface area (Å²) in [4.78, 5) is 32.6. The van der Waals surface area contributed by atoms with Crippen molar-refractivity contribution in [3.05, 3.63) is 83.4 Å². The number of hydrogen-bond donors (Lipinski definition) is 1. The minimum Gasteiger partial charge on any atom is -0.482 e. The zero-order valence-electron chi connectivity index (χ0n) is 17.2. The van der Waals surface area contributed by atoms with Crippen LogP contribution in [0.2, 0.25) is 0 Å². The summed E-state index contributed by atoms with van der Waals surface area (Å²) in [5.74, 6) is 0.0897. The minimum atomic E-state index is -0.497. The highest BCUT2D eigenvalue weighted by Crippen LogP contribution is 2.23. The summed E-state index contributed by atoms with van der Waals surface area (Å²) in [6.07, 6.45) is 3.15. The van der Waals surface area contributed by atoms with E-state index in [0.717, 1.165) is 5.56 Å². The Balaban J connectivity index is 1.70. The maximum atomic E-state index is 13.2. The Labute approximate surface area is 182 Å². The molecule has 0 spiro atoms. The molecule has 4 rings (SSSR count). The van der Waals surface area contributed by atoms with Gasteiger partial charge in [0.2, 0.25) is 5.95 Å². The van der Waals surface area contributed by atoms with Crippen LogP contribution < -0.4 is 16.0 Å². The number of carbonyl (C=O) groups is 1. The van der Waals surface area contributed by atoms with Crippen molar-refractivity contribution in [2.75, 3.05) is 19.5 Å². The smallest absolute Gasteiger partial charge is 0.343 e. The number of nitrogens with two attached hydrogens (primary N) is 1. The highest BCUT2D eigenvalue weighted by atomic mass is 16.6. The molecule has 0 atom stereocenters. The van der Waals surface area contributed by atoms with Gasteiger partial charge < -0.3 is 15.2 Å². The van der Waals surface area contributed by atoms with Crippen LogP contribution in [-0.4, -0.2) is 39.4 Å². The molecule has 0 aliphatic rings. The number of ether oxygens (including phenoxy) is 2. The third-order valence-corrected chi connectivity index (χ3v) is 4.77. The van der Waals surface area contributed by atoms with Crippen LogP contribution in [-0.2, 0) is 9.53 Å². The van der Waals surface area contributed by atoms with E-state index in [2.05, 4.69) is 26.4 Å². The zero-order valence-corrected chi connectivity index (χ0v) is 17.2. The fourth-order valence-electron chi connectivity index (χ4n) is 3.12. The number of rotatable bonds is 6. The number of carbonyl (C=O) groups excluding carboxylic acids is 1. The summed E-state index contributed by atoms with van der Waals surface area (Å²) in [6, 6.07) is 14.0. The first kappa shape index (κ1) is 20.7. The van der Waals surface area contributed by atoms with Gasteiger partial charge in [0.05, 0.1) is 30.1 Å². The third-order valence-electron chi connectivity index (χ3n) is 4.77. The predicted molar refractivity (Wildman–Crippen MR) is 120 cm³/mol. The van der Waals surface area contributed by atoms with Crippen molar-refractivity contribution in [2.24, 2.45) is 0 Å². The Morgan fingerprint density at radius 3 is 2.81 bits per heavy atom. The van der Waals surface area contributed by atoms with Crippen molar-refractivity contribution in [1.29, 1.82) is 0 Å². The van der Waals surface area contributed by atoms with Gasteiger partial charge in [-0.25, -0.2) is 14.8 Å². The van der Waals surface area contributed by atoms with Crippen molar-refractivity contribution >= 4 is 28.4 Å². The SMILES string of the molecule is C=C(c1cccc(OCC(=O)OC)c1)n1ncc2ccc(-c3ccnc(N)n3)cc2c1=O. The van der Waals surface area contributed by atoms with E-state index in [1.54, 1.807) is 54.9 Å². The predicted octanol–water partition coefficient (Wildman–Crippen LogP) is 2.51. The van der Waals surface area contributed by atoms with Gasteiger partial charge in [0.1, 0.15) is 5.75 Å². The lowest BCUT2D eigenvalue weighted by atomic mass is 10.1. The molecule has 0 saturated heterocycles. The molecule has 4 aromatic rings. The molecule has 0 aliphatic heterocycles. The van der Waals surface area contributed by atoms with E-state index in [-0.39, 0.29) is 18.1 Å². The summed E-state index contributed by atoms with van der Waals surface area (Å²) in [5, 5.41) is 5.39. The van der Waals surface area contributed by atoms with Crippen LogP contribution in [0, 0.1) is 0 Å². The lowest BCUT2D eigenvalue weighted by Gasteiger charge is -2.11. The molecule has 160 valence electrons. The number of esters is 1. The van der Waals surface area contributed by atoms with Crippen LogP contribution in [0.3, 0.4) is 0 Å². The fraction of sp³-hybridized carbons (Fsp3) is 0.0870. The van der Waals surface area contributed by atoms with Crippen molar-refractivity contribution < 1.29 is 14.3 Å². The van der Waals surface area contributed by atoms with Crippen LogP contribution >= 0.6 is 0 Å². The Hall–Kier alpha value is -4.53. The Morgan fingerprint density at radius 2 is 2.03 bits per heavy atom. The van der Waals surface area contributed by atoms with Gasteiger partial charge in [0, 0.05) is 22.7 Å². The number of nitrogens with zero attached hydrogens (tertiary/aromatic N) is 4. The van der Waals surface area contributed by atoms with Crippen molar-refractivity contribution in [3.8, 4) is 17.0 Å². The molecular formula is C23H19N5O4. The summed E-state index contributed by atoms with van der Waals surface area (Å²) in [5.41, 5.74) is 7.65. The molecular weight excluding hydrogens is 410 g/mol. The molecule has 0 radical (unpaired) electrons. The lowest BCUT2D eigenvalue weighted by Crippen LogP contribution is -2.22. The summed E-state index contributed by atoms with van der Waals surface area (Å²) in [7, 11) is 1.28. The van der Waals surface area contributed by atoms with Crippen LogP contribution in [0.1, 0.15) is 5.56 Å². The first-order chi connectivity index (χ1) is 15.5. The molecule has 2 aromatic carbocycles. The molecule has 0 fully saturated rings. The average Bonchev–Trinajstić information content (AvgIpc) is 2.82. The first-order valence-corrected chi connectivity index (χ1v) is 9.56. The Kier molecular flexibility index (Phi) is 5.63. The molecule has 0 amide bonds. The number of aromatic nitrogens is 4. The van der Waals surface area contributed by atoms with Gasteiger partial charge >= 0.3 is 5.97 Å². The summed E-state index contributed by atoms with van der Waals surface area (Å²) in [6.45, 7) is 3.80. The number of fused-ring (bicyclic) bond motifs is 1. The minimum absolute atomic E-state index is 0.150. The number of hydrogen-bond acceptors (Lipinski definition) is 8. The maximum absolute atomic E-state index is 13.2. The van der Waals surface area contributed by atoms with E-state index in [0.29, 0.717) is 33.5 Å². The van der Waals surface area contributed by atoms with Crippen molar-refractivity contribution in [1.82, 2.24) is 19.7 Å². The van der Waals surface area contributed by atoms with E-state index in [4.69, 9.17) is 10.5 Å². The highest BCUT2D eigenvalue weighted by Gasteiger charge is 2.12. The number of nitrogen functional groups attached to an aromatic ring is 1. The van der Waals surface area contributed by atoms with Crippen molar-refractivity contribution in [3.63, 3.8) is 0 Å². The number of anilines is 1. The van der Waals surface area contributed by atoms with E-state index in [1.807, 2.05) is 6.07 Å². The standard InChI is InChI=1S/C23H19N5O4/c1-14(15-4-3-5-18(10-15)32-13-21(29)31-2)28-22(30)19-11-16(6-7-17(19)12-26-28)20-8-9-25-23(24)27-20/h3-12H,1,13H2,2H3,(H2,24,25,27). The largest absolute Gasteiger partial charge is 0.482 e. The van der Waals surface area contributed by atoms with E-state index in [9.17, 15) is 9.59 Å². The highest BCUT2D eigenvalue weighted by molar-refractivity contribution is 5.86. The lowest BCUT2D eigenvalue weighted by molar-refractivity contribution is -0.142. The van der Waals surface area contributed by atoms with E-state index < -0.39 is 5.97 Å². The zero-order chi connectivity index (χ0) is 22.7. The Bertz CT molecular complexity index is 1400. The second-order valence-corrected chi connectivity index (χ2v) is 6.80. The summed E-state index contributed by atoms with van der Waals surface area (Å²) < 4.78 is 11.2. The number of methoxy groups -OCH3 is 1. The molecule has 32 heavy (non-hydrogen) atoms. The molecule has 2 N–H and O–H groups in total. The molecule has 0 unspecified atom stereocenters. The van der Waals surface area contributed by atoms with Crippen LogP contribution in [0.15, 0.2) is 72.3 Å². The van der Waals surface area contributed by atoms with E-state index >= 15 is 0 Å². The van der Waals surface area contributed by atoms with E-state index in [1.165, 1.54) is 11.8 Å². The normalized spacial score (nSPS) is 10.7. The monoisotopic (exact) mass is 429 g/mol.